The van der Waals surface area contributed by atoms with Crippen molar-refractivity contribution in [1.29, 1.82) is 0 Å². The third-order valence-electron chi connectivity index (χ3n) is 9.20. The zero-order valence-corrected chi connectivity index (χ0v) is 26.8. The number of para-hydroxylation sites is 1. The summed E-state index contributed by atoms with van der Waals surface area (Å²) in [5.41, 5.74) is 8.40. The Balaban J connectivity index is 1.16. The number of aromatic amines is 1. The first kappa shape index (κ1) is 30.1. The number of rotatable bonds is 8. The van der Waals surface area contributed by atoms with Gasteiger partial charge in [0.2, 0.25) is 5.91 Å². The van der Waals surface area contributed by atoms with E-state index >= 15 is 0 Å². The third kappa shape index (κ3) is 5.88. The van der Waals surface area contributed by atoms with Crippen LogP contribution in [-0.4, -0.2) is 61.7 Å². The van der Waals surface area contributed by atoms with Gasteiger partial charge < -0.3 is 24.8 Å². The van der Waals surface area contributed by atoms with Crippen molar-refractivity contribution < 1.29 is 14.3 Å². The molecule has 2 amide bonds. The summed E-state index contributed by atoms with van der Waals surface area (Å²) in [4.78, 5) is 35.4. The fourth-order valence-corrected chi connectivity index (χ4v) is 7.45. The topological polar surface area (TPSA) is 77.7 Å². The van der Waals surface area contributed by atoms with Crippen molar-refractivity contribution in [3.8, 4) is 11.1 Å². The maximum atomic E-state index is 14.6. The van der Waals surface area contributed by atoms with Gasteiger partial charge in [0.05, 0.1) is 0 Å². The molecule has 4 aromatic carbocycles. The van der Waals surface area contributed by atoms with Gasteiger partial charge in [0.15, 0.2) is 0 Å². The number of benzene rings is 4. The molecule has 0 radical (unpaired) electrons. The molecule has 234 valence electrons. The molecule has 5 aromatic rings. The lowest BCUT2D eigenvalue weighted by Crippen LogP contribution is -2.53. The summed E-state index contributed by atoms with van der Waals surface area (Å²) in [6.45, 7) is 1.54. The number of carbonyl (C=O) groups excluding carboxylic acids is 2. The first-order valence-electron chi connectivity index (χ1n) is 15.8. The van der Waals surface area contributed by atoms with Crippen LogP contribution in [0.1, 0.15) is 28.2 Å². The Labute approximate surface area is 274 Å². The molecule has 2 aliphatic rings. The molecule has 0 saturated heterocycles. The van der Waals surface area contributed by atoms with Gasteiger partial charge in [-0.1, -0.05) is 78.3 Å². The zero-order chi connectivity index (χ0) is 31.8. The van der Waals surface area contributed by atoms with E-state index in [2.05, 4.69) is 39.5 Å². The molecule has 2 heterocycles. The molecule has 7 nitrogen and oxygen atoms in total. The van der Waals surface area contributed by atoms with E-state index in [0.29, 0.717) is 18.0 Å². The van der Waals surface area contributed by atoms with Gasteiger partial charge in [0, 0.05) is 53.2 Å². The van der Waals surface area contributed by atoms with Gasteiger partial charge in [-0.25, -0.2) is 4.79 Å². The summed E-state index contributed by atoms with van der Waals surface area (Å²) < 4.78 is 5.92. The van der Waals surface area contributed by atoms with Crippen molar-refractivity contribution in [2.24, 2.45) is 5.92 Å². The molecular weight excluding hydrogens is 596 g/mol. The lowest BCUT2D eigenvalue weighted by atomic mass is 9.91. The van der Waals surface area contributed by atoms with E-state index in [4.69, 9.17) is 16.3 Å². The maximum Gasteiger partial charge on any atom is 0.407 e. The normalized spacial score (nSPS) is 16.2. The lowest BCUT2D eigenvalue weighted by molar-refractivity contribution is -0.120. The number of hydrogen-bond acceptors (Lipinski definition) is 4. The predicted octanol–water partition coefficient (Wildman–Crippen LogP) is 7.04. The summed E-state index contributed by atoms with van der Waals surface area (Å²) in [6.07, 6.45) is 2.44. The Morgan fingerprint density at radius 3 is 2.41 bits per heavy atom. The van der Waals surface area contributed by atoms with Crippen LogP contribution in [-0.2, 0) is 22.4 Å². The van der Waals surface area contributed by atoms with Gasteiger partial charge in [0.25, 0.3) is 0 Å². The van der Waals surface area contributed by atoms with E-state index < -0.39 is 12.1 Å². The number of amides is 2. The molecule has 0 bridgehead atoms. The minimum absolute atomic E-state index is 0.0774. The Hall–Kier alpha value is -4.59. The van der Waals surface area contributed by atoms with Crippen molar-refractivity contribution in [2.45, 2.75) is 24.8 Å². The quantitative estimate of drug-likeness (QED) is 0.192. The summed E-state index contributed by atoms with van der Waals surface area (Å²) in [7, 11) is 4.08. The van der Waals surface area contributed by atoms with Crippen LogP contribution >= 0.6 is 11.6 Å². The van der Waals surface area contributed by atoms with Gasteiger partial charge in [-0.3, -0.25) is 4.79 Å². The number of nitrogens with zero attached hydrogens (tertiary/aromatic N) is 2. The molecule has 46 heavy (non-hydrogen) atoms. The number of nitrogens with one attached hydrogen (secondary N) is 2. The number of fused-ring (bicyclic) bond motifs is 5. The first-order chi connectivity index (χ1) is 22.4. The van der Waals surface area contributed by atoms with Crippen molar-refractivity contribution in [3.05, 3.63) is 124 Å². The van der Waals surface area contributed by atoms with Gasteiger partial charge in [-0.15, -0.1) is 0 Å². The first-order valence-corrected chi connectivity index (χ1v) is 16.1. The summed E-state index contributed by atoms with van der Waals surface area (Å²) in [5, 5.41) is 4.65. The SMILES string of the molecule is CN(C)CC1Cc2cc(Cl)ccc2N(C(=O)C(Cc2c[nH]c3ccccc23)NC(=O)OCC2c3ccccc3-c3ccccc32)C1. The van der Waals surface area contributed by atoms with E-state index in [1.54, 1.807) is 0 Å². The number of ether oxygens (including phenoxy) is 1. The standard InChI is InChI=1S/C38H37ClN4O3/c1-42(2)21-24-17-25-18-27(39)15-16-36(25)43(22-24)37(44)35(19-26-20-40-34-14-8-7-9-28(26)34)41-38(45)46-23-33-31-12-5-3-10-29(31)30-11-4-6-13-32(30)33/h3-16,18,20,24,33,35,40H,17,19,21-23H2,1-2H3,(H,41,45). The molecule has 2 unspecified atom stereocenters. The molecule has 0 spiro atoms. The van der Waals surface area contributed by atoms with Gasteiger partial charge >= 0.3 is 6.09 Å². The summed E-state index contributed by atoms with van der Waals surface area (Å²) >= 11 is 6.40. The van der Waals surface area contributed by atoms with E-state index in [1.165, 1.54) is 0 Å². The Kier molecular flexibility index (Phi) is 8.28. The van der Waals surface area contributed by atoms with Crippen LogP contribution in [0.25, 0.3) is 22.0 Å². The van der Waals surface area contributed by atoms with Crippen molar-refractivity contribution in [1.82, 2.24) is 15.2 Å². The zero-order valence-electron chi connectivity index (χ0n) is 26.0. The Morgan fingerprint density at radius 2 is 1.67 bits per heavy atom. The summed E-state index contributed by atoms with van der Waals surface area (Å²) in [6, 6.07) is 29.3. The minimum atomic E-state index is -0.850. The molecule has 1 aromatic heterocycles. The fourth-order valence-electron chi connectivity index (χ4n) is 7.25. The average Bonchev–Trinajstić information content (AvgIpc) is 3.61. The number of halogens is 1. The molecule has 2 atom stereocenters. The Bertz CT molecular complexity index is 1870. The number of anilines is 1. The largest absolute Gasteiger partial charge is 0.449 e. The number of H-pyrrole nitrogens is 1. The van der Waals surface area contributed by atoms with E-state index in [-0.39, 0.29) is 24.3 Å². The second-order valence-corrected chi connectivity index (χ2v) is 13.1. The van der Waals surface area contributed by atoms with Crippen molar-refractivity contribution in [2.75, 3.05) is 38.7 Å². The van der Waals surface area contributed by atoms with Crippen LogP contribution in [0.15, 0.2) is 97.2 Å². The molecule has 1 aliphatic carbocycles. The van der Waals surface area contributed by atoms with Crippen LogP contribution in [0.2, 0.25) is 5.02 Å². The van der Waals surface area contributed by atoms with Crippen LogP contribution in [0.5, 0.6) is 0 Å². The average molecular weight is 633 g/mol. The smallest absolute Gasteiger partial charge is 0.407 e. The van der Waals surface area contributed by atoms with E-state index in [1.807, 2.05) is 91.9 Å². The maximum absolute atomic E-state index is 14.6. The van der Waals surface area contributed by atoms with E-state index in [0.717, 1.165) is 62.9 Å². The highest BCUT2D eigenvalue weighted by atomic mass is 35.5. The molecule has 8 heteroatoms. The summed E-state index contributed by atoms with van der Waals surface area (Å²) in [5.74, 6) is -0.0367. The Morgan fingerprint density at radius 1 is 0.978 bits per heavy atom. The van der Waals surface area contributed by atoms with Gasteiger partial charge in [-0.05, 0) is 84.1 Å². The molecule has 0 fully saturated rings. The highest BCUT2D eigenvalue weighted by molar-refractivity contribution is 6.30. The highest BCUT2D eigenvalue weighted by Gasteiger charge is 2.35. The second-order valence-electron chi connectivity index (χ2n) is 12.6. The number of alkyl carbamates (subject to hydrolysis) is 1. The highest BCUT2D eigenvalue weighted by Crippen LogP contribution is 2.44. The van der Waals surface area contributed by atoms with Crippen molar-refractivity contribution >= 4 is 40.2 Å². The van der Waals surface area contributed by atoms with Gasteiger partial charge in [-0.2, -0.15) is 0 Å². The van der Waals surface area contributed by atoms with Crippen LogP contribution in [0, 0.1) is 5.92 Å². The molecular formula is C38H37ClN4O3. The van der Waals surface area contributed by atoms with Crippen LogP contribution in [0.3, 0.4) is 0 Å². The molecule has 2 N–H and O–H groups in total. The number of carbonyl (C=O) groups is 2. The fraction of sp³-hybridized carbons (Fsp3) is 0.263. The lowest BCUT2D eigenvalue weighted by Gasteiger charge is -2.37. The molecule has 1 aliphatic heterocycles. The third-order valence-corrected chi connectivity index (χ3v) is 9.44. The monoisotopic (exact) mass is 632 g/mol. The van der Waals surface area contributed by atoms with E-state index in [9.17, 15) is 9.59 Å². The minimum Gasteiger partial charge on any atom is -0.449 e. The van der Waals surface area contributed by atoms with Crippen molar-refractivity contribution in [3.63, 3.8) is 0 Å². The van der Waals surface area contributed by atoms with Crippen LogP contribution in [0.4, 0.5) is 10.5 Å². The number of aromatic nitrogens is 1. The van der Waals surface area contributed by atoms with Gasteiger partial charge in [0.1, 0.15) is 12.6 Å². The van der Waals surface area contributed by atoms with Crippen LogP contribution < -0.4 is 10.2 Å². The molecule has 0 saturated carbocycles. The number of hydrogen-bond donors (Lipinski definition) is 2. The second kappa shape index (κ2) is 12.7. The molecule has 7 rings (SSSR count). The predicted molar refractivity (Wildman–Crippen MR) is 184 cm³/mol.